The van der Waals surface area contributed by atoms with Gasteiger partial charge in [-0.25, -0.2) is 0 Å². The molecular formula is C12H17BrO3. The number of rotatable bonds is 4. The molecule has 90 valence electrons. The fourth-order valence-electron chi connectivity index (χ4n) is 1.49. The summed E-state index contributed by atoms with van der Waals surface area (Å²) in [7, 11) is 1.52. The fraction of sp³-hybridized carbons (Fsp3) is 0.500. The summed E-state index contributed by atoms with van der Waals surface area (Å²) in [5, 5.41) is 19.2. The zero-order chi connectivity index (χ0) is 12.3. The summed E-state index contributed by atoms with van der Waals surface area (Å²) in [6, 6.07) is 3.56. The maximum absolute atomic E-state index is 9.94. The van der Waals surface area contributed by atoms with Crippen LogP contribution < -0.4 is 4.74 Å². The van der Waals surface area contributed by atoms with E-state index in [1.165, 1.54) is 7.11 Å². The van der Waals surface area contributed by atoms with Crippen LogP contribution >= 0.6 is 15.9 Å². The Balaban J connectivity index is 3.09. The average molecular weight is 289 g/mol. The smallest absolute Gasteiger partial charge is 0.161 e. The molecule has 0 saturated carbocycles. The molecule has 0 aliphatic heterocycles. The number of aliphatic hydroxyl groups excluding tert-OH is 1. The number of benzene rings is 1. The lowest BCUT2D eigenvalue weighted by atomic mass is 9.86. The second-order valence-corrected chi connectivity index (χ2v) is 5.53. The summed E-state index contributed by atoms with van der Waals surface area (Å²) in [5.41, 5.74) is 0.508. The van der Waals surface area contributed by atoms with Gasteiger partial charge in [-0.3, -0.25) is 0 Å². The Labute approximate surface area is 104 Å². The highest BCUT2D eigenvalue weighted by atomic mass is 79.9. The largest absolute Gasteiger partial charge is 0.504 e. The molecule has 0 aliphatic carbocycles. The number of halogens is 1. The van der Waals surface area contributed by atoms with Crippen LogP contribution in [0.1, 0.15) is 19.4 Å². The predicted octanol–water partition coefficient (Wildman–Crippen LogP) is 2.72. The highest BCUT2D eigenvalue weighted by Crippen LogP contribution is 2.36. The fourth-order valence-corrected chi connectivity index (χ4v) is 1.97. The number of hydrogen-bond donors (Lipinski definition) is 2. The third-order valence-corrected chi connectivity index (χ3v) is 2.89. The summed E-state index contributed by atoms with van der Waals surface area (Å²) >= 11 is 3.36. The van der Waals surface area contributed by atoms with Gasteiger partial charge in [-0.05, 0) is 29.5 Å². The van der Waals surface area contributed by atoms with E-state index in [1.54, 1.807) is 6.07 Å². The van der Waals surface area contributed by atoms with Crippen LogP contribution in [0.15, 0.2) is 16.6 Å². The average Bonchev–Trinajstić information content (AvgIpc) is 2.22. The van der Waals surface area contributed by atoms with Gasteiger partial charge in [0.2, 0.25) is 0 Å². The number of phenols is 1. The van der Waals surface area contributed by atoms with Crippen molar-refractivity contribution in [3.8, 4) is 11.5 Å². The van der Waals surface area contributed by atoms with Crippen molar-refractivity contribution in [1.82, 2.24) is 0 Å². The molecule has 3 nitrogen and oxygen atoms in total. The van der Waals surface area contributed by atoms with Gasteiger partial charge in [-0.1, -0.05) is 29.8 Å². The van der Waals surface area contributed by atoms with Crippen molar-refractivity contribution in [1.29, 1.82) is 0 Å². The molecule has 1 aromatic carbocycles. The molecule has 0 aromatic heterocycles. The van der Waals surface area contributed by atoms with Crippen molar-refractivity contribution in [3.05, 3.63) is 22.2 Å². The van der Waals surface area contributed by atoms with Crippen LogP contribution in [0.2, 0.25) is 0 Å². The lowest BCUT2D eigenvalue weighted by molar-refractivity contribution is 0.158. The van der Waals surface area contributed by atoms with Gasteiger partial charge in [0, 0.05) is 11.1 Å². The van der Waals surface area contributed by atoms with Gasteiger partial charge in [-0.2, -0.15) is 0 Å². The molecule has 0 fully saturated rings. The van der Waals surface area contributed by atoms with E-state index < -0.39 is 0 Å². The van der Waals surface area contributed by atoms with E-state index in [0.29, 0.717) is 12.2 Å². The maximum atomic E-state index is 9.94. The molecule has 0 saturated heterocycles. The van der Waals surface area contributed by atoms with Gasteiger partial charge >= 0.3 is 0 Å². The zero-order valence-corrected chi connectivity index (χ0v) is 11.3. The number of aromatic hydroxyl groups is 1. The minimum absolute atomic E-state index is 0.0707. The van der Waals surface area contributed by atoms with Crippen LogP contribution in [0.4, 0.5) is 0 Å². The molecule has 0 bridgehead atoms. The Morgan fingerprint density at radius 2 is 2.00 bits per heavy atom. The van der Waals surface area contributed by atoms with Gasteiger partial charge in [0.05, 0.1) is 7.11 Å². The van der Waals surface area contributed by atoms with E-state index in [-0.39, 0.29) is 17.8 Å². The van der Waals surface area contributed by atoms with Crippen molar-refractivity contribution >= 4 is 15.9 Å². The van der Waals surface area contributed by atoms with Gasteiger partial charge in [0.15, 0.2) is 11.5 Å². The Morgan fingerprint density at radius 1 is 1.38 bits per heavy atom. The van der Waals surface area contributed by atoms with Gasteiger partial charge < -0.3 is 14.9 Å². The first-order valence-electron chi connectivity index (χ1n) is 5.06. The minimum atomic E-state index is -0.261. The number of hydrogen-bond acceptors (Lipinski definition) is 3. The summed E-state index contributed by atoms with van der Waals surface area (Å²) in [4.78, 5) is 0. The highest BCUT2D eigenvalue weighted by molar-refractivity contribution is 9.10. The van der Waals surface area contributed by atoms with Crippen molar-refractivity contribution in [3.63, 3.8) is 0 Å². The Morgan fingerprint density at radius 3 is 2.50 bits per heavy atom. The second kappa shape index (κ2) is 5.06. The van der Waals surface area contributed by atoms with E-state index in [0.717, 1.165) is 10.0 Å². The van der Waals surface area contributed by atoms with Crippen molar-refractivity contribution in [2.24, 2.45) is 5.41 Å². The molecule has 0 spiro atoms. The van der Waals surface area contributed by atoms with E-state index in [9.17, 15) is 10.2 Å². The topological polar surface area (TPSA) is 49.7 Å². The lowest BCUT2D eigenvalue weighted by Gasteiger charge is -2.22. The zero-order valence-electron chi connectivity index (χ0n) is 9.75. The quantitative estimate of drug-likeness (QED) is 0.896. The molecule has 0 radical (unpaired) electrons. The maximum Gasteiger partial charge on any atom is 0.161 e. The second-order valence-electron chi connectivity index (χ2n) is 4.61. The molecule has 0 atom stereocenters. The minimum Gasteiger partial charge on any atom is -0.504 e. The number of methoxy groups -OCH3 is 1. The first-order chi connectivity index (χ1) is 7.39. The molecule has 0 heterocycles. The number of phenolic OH excluding ortho intramolecular Hbond substituents is 1. The Kier molecular flexibility index (Phi) is 4.21. The van der Waals surface area contributed by atoms with Crippen LogP contribution in [-0.4, -0.2) is 23.9 Å². The Bertz CT molecular complexity index is 375. The van der Waals surface area contributed by atoms with Crippen LogP contribution in [0.3, 0.4) is 0 Å². The highest BCUT2D eigenvalue weighted by Gasteiger charge is 2.21. The summed E-state index contributed by atoms with van der Waals surface area (Å²) < 4.78 is 5.92. The SMILES string of the molecule is COc1cc(Br)cc(CC(C)(C)CO)c1O. The van der Waals surface area contributed by atoms with E-state index in [1.807, 2.05) is 19.9 Å². The molecule has 4 heteroatoms. The Hall–Kier alpha value is -0.740. The standard InChI is InChI=1S/C12H17BrO3/c1-12(2,7-14)6-8-4-9(13)5-10(16-3)11(8)15/h4-5,14-15H,6-7H2,1-3H3. The molecule has 0 aliphatic rings. The van der Waals surface area contributed by atoms with E-state index in [2.05, 4.69) is 15.9 Å². The molecular weight excluding hydrogens is 272 g/mol. The molecule has 0 amide bonds. The number of ether oxygens (including phenoxy) is 1. The van der Waals surface area contributed by atoms with Crippen molar-refractivity contribution in [2.45, 2.75) is 20.3 Å². The van der Waals surface area contributed by atoms with Crippen LogP contribution in [-0.2, 0) is 6.42 Å². The van der Waals surface area contributed by atoms with Gasteiger partial charge in [0.25, 0.3) is 0 Å². The normalized spacial score (nSPS) is 11.6. The molecule has 2 N–H and O–H groups in total. The van der Waals surface area contributed by atoms with Gasteiger partial charge in [-0.15, -0.1) is 0 Å². The third kappa shape index (κ3) is 3.12. The summed E-state index contributed by atoms with van der Waals surface area (Å²) in [6.07, 6.45) is 0.588. The van der Waals surface area contributed by atoms with Gasteiger partial charge in [0.1, 0.15) is 0 Å². The molecule has 1 aromatic rings. The predicted molar refractivity (Wildman–Crippen MR) is 66.9 cm³/mol. The van der Waals surface area contributed by atoms with E-state index >= 15 is 0 Å². The monoisotopic (exact) mass is 288 g/mol. The lowest BCUT2D eigenvalue weighted by Crippen LogP contribution is -2.19. The van der Waals surface area contributed by atoms with Crippen LogP contribution in [0.5, 0.6) is 11.5 Å². The first kappa shape index (κ1) is 13.3. The summed E-state index contributed by atoms with van der Waals surface area (Å²) in [6.45, 7) is 3.96. The molecule has 1 rings (SSSR count). The van der Waals surface area contributed by atoms with Crippen LogP contribution in [0, 0.1) is 5.41 Å². The van der Waals surface area contributed by atoms with Crippen molar-refractivity contribution < 1.29 is 14.9 Å². The molecule has 0 unspecified atom stereocenters. The summed E-state index contributed by atoms with van der Waals surface area (Å²) in [5.74, 6) is 0.588. The van der Waals surface area contributed by atoms with Crippen molar-refractivity contribution in [2.75, 3.05) is 13.7 Å². The first-order valence-corrected chi connectivity index (χ1v) is 5.85. The van der Waals surface area contributed by atoms with Crippen LogP contribution in [0.25, 0.3) is 0 Å². The third-order valence-electron chi connectivity index (χ3n) is 2.44. The number of aliphatic hydroxyl groups is 1. The molecule has 16 heavy (non-hydrogen) atoms. The van der Waals surface area contributed by atoms with E-state index in [4.69, 9.17) is 4.74 Å².